The first kappa shape index (κ1) is 11.7. The quantitative estimate of drug-likeness (QED) is 0.704. The van der Waals surface area contributed by atoms with Gasteiger partial charge in [-0.15, -0.1) is 0 Å². The van der Waals surface area contributed by atoms with E-state index in [1.54, 1.807) is 11.3 Å². The number of nitrogens with two attached hydrogens (primary N) is 1. The second kappa shape index (κ2) is 5.47. The molecule has 1 aromatic heterocycles. The van der Waals surface area contributed by atoms with E-state index in [2.05, 4.69) is 5.32 Å². The lowest BCUT2D eigenvalue weighted by atomic mass is 10.2. The minimum atomic E-state index is -0.829. The number of urea groups is 1. The Morgan fingerprint density at radius 2 is 2.33 bits per heavy atom. The second-order valence-corrected chi connectivity index (χ2v) is 3.85. The zero-order valence-corrected chi connectivity index (χ0v) is 9.14. The third-order valence-corrected chi connectivity index (χ3v) is 2.58. The van der Waals surface area contributed by atoms with E-state index in [-0.39, 0.29) is 12.6 Å². The zero-order valence-electron chi connectivity index (χ0n) is 8.32. The highest BCUT2D eigenvalue weighted by molar-refractivity contribution is 7.07. The summed E-state index contributed by atoms with van der Waals surface area (Å²) in [5.74, 6) is -0.426. The van der Waals surface area contributed by atoms with Crippen molar-refractivity contribution >= 4 is 23.3 Å². The molecule has 1 atom stereocenters. The van der Waals surface area contributed by atoms with Crippen LogP contribution in [0.3, 0.4) is 0 Å². The SMILES string of the molecule is CC(NCC(=O)NC(N)=O)c1ccsc1. The third-order valence-electron chi connectivity index (χ3n) is 1.87. The van der Waals surface area contributed by atoms with Gasteiger partial charge in [-0.3, -0.25) is 10.1 Å². The molecule has 6 heteroatoms. The van der Waals surface area contributed by atoms with Gasteiger partial charge in [-0.2, -0.15) is 11.3 Å². The number of primary amides is 1. The Morgan fingerprint density at radius 1 is 1.60 bits per heavy atom. The van der Waals surface area contributed by atoms with Crippen LogP contribution in [0.15, 0.2) is 16.8 Å². The maximum absolute atomic E-state index is 11.1. The standard InChI is InChI=1S/C9H13N3O2S/c1-6(7-2-3-15-5-7)11-4-8(13)12-9(10)14/h2-3,5-6,11H,4H2,1H3,(H3,10,12,13,14). The molecule has 82 valence electrons. The number of hydrogen-bond acceptors (Lipinski definition) is 4. The van der Waals surface area contributed by atoms with E-state index in [9.17, 15) is 9.59 Å². The van der Waals surface area contributed by atoms with Gasteiger partial charge in [0.2, 0.25) is 5.91 Å². The first-order valence-corrected chi connectivity index (χ1v) is 5.38. The topological polar surface area (TPSA) is 84.2 Å². The number of carbonyl (C=O) groups excluding carboxylic acids is 2. The molecule has 0 aliphatic carbocycles. The molecular formula is C9H13N3O2S. The predicted octanol–water partition coefficient (Wildman–Crippen LogP) is 0.594. The maximum atomic E-state index is 11.1. The molecule has 0 aliphatic heterocycles. The lowest BCUT2D eigenvalue weighted by molar-refractivity contribution is -0.119. The monoisotopic (exact) mass is 227 g/mol. The molecule has 1 aromatic rings. The van der Waals surface area contributed by atoms with Crippen LogP contribution in [0.5, 0.6) is 0 Å². The highest BCUT2D eigenvalue weighted by Crippen LogP contribution is 2.14. The van der Waals surface area contributed by atoms with E-state index in [1.807, 2.05) is 29.1 Å². The number of carbonyl (C=O) groups is 2. The van der Waals surface area contributed by atoms with Gasteiger partial charge in [0, 0.05) is 6.04 Å². The molecule has 1 heterocycles. The summed E-state index contributed by atoms with van der Waals surface area (Å²) in [7, 11) is 0. The van der Waals surface area contributed by atoms with Crippen molar-refractivity contribution in [2.45, 2.75) is 13.0 Å². The van der Waals surface area contributed by atoms with Gasteiger partial charge in [-0.1, -0.05) is 0 Å². The van der Waals surface area contributed by atoms with Crippen LogP contribution in [-0.4, -0.2) is 18.5 Å². The highest BCUT2D eigenvalue weighted by atomic mass is 32.1. The molecule has 1 rings (SSSR count). The molecule has 0 spiro atoms. The van der Waals surface area contributed by atoms with E-state index in [4.69, 9.17) is 5.73 Å². The fraction of sp³-hybridized carbons (Fsp3) is 0.333. The molecule has 0 fully saturated rings. The van der Waals surface area contributed by atoms with Crippen LogP contribution in [0, 0.1) is 0 Å². The van der Waals surface area contributed by atoms with Crippen LogP contribution in [0.25, 0.3) is 0 Å². The van der Waals surface area contributed by atoms with Crippen LogP contribution in [0.1, 0.15) is 18.5 Å². The van der Waals surface area contributed by atoms with Crippen LogP contribution in [0.4, 0.5) is 4.79 Å². The van der Waals surface area contributed by atoms with Crippen molar-refractivity contribution in [1.82, 2.24) is 10.6 Å². The Morgan fingerprint density at radius 3 is 2.87 bits per heavy atom. The largest absolute Gasteiger partial charge is 0.351 e. The summed E-state index contributed by atoms with van der Waals surface area (Å²) in [5.41, 5.74) is 5.91. The first-order valence-electron chi connectivity index (χ1n) is 4.44. The van der Waals surface area contributed by atoms with Gasteiger partial charge in [-0.25, -0.2) is 4.79 Å². The Hall–Kier alpha value is -1.40. The van der Waals surface area contributed by atoms with E-state index in [1.165, 1.54) is 0 Å². The van der Waals surface area contributed by atoms with Gasteiger partial charge in [-0.05, 0) is 29.3 Å². The molecule has 4 N–H and O–H groups in total. The maximum Gasteiger partial charge on any atom is 0.318 e. The minimum absolute atomic E-state index is 0.0694. The summed E-state index contributed by atoms with van der Waals surface area (Å²) in [5, 5.41) is 8.93. The summed E-state index contributed by atoms with van der Waals surface area (Å²) in [4.78, 5) is 21.4. The van der Waals surface area contributed by atoms with Crippen LogP contribution >= 0.6 is 11.3 Å². The molecule has 0 bridgehead atoms. The van der Waals surface area contributed by atoms with Gasteiger partial charge in [0.15, 0.2) is 0 Å². The Bertz CT molecular complexity index is 337. The summed E-state index contributed by atoms with van der Waals surface area (Å²) >= 11 is 1.60. The van der Waals surface area contributed by atoms with Crippen molar-refractivity contribution in [3.05, 3.63) is 22.4 Å². The Kier molecular flexibility index (Phi) is 4.26. The molecule has 0 aliphatic rings. The second-order valence-electron chi connectivity index (χ2n) is 3.07. The van der Waals surface area contributed by atoms with Crippen molar-refractivity contribution in [3.63, 3.8) is 0 Å². The molecule has 1 unspecified atom stereocenters. The molecule has 0 aromatic carbocycles. The highest BCUT2D eigenvalue weighted by Gasteiger charge is 2.08. The van der Waals surface area contributed by atoms with Crippen molar-refractivity contribution in [2.24, 2.45) is 5.73 Å². The van der Waals surface area contributed by atoms with Crippen LogP contribution in [0.2, 0.25) is 0 Å². The molecule has 0 saturated heterocycles. The summed E-state index contributed by atoms with van der Waals surface area (Å²) in [6, 6.07) is 1.23. The average molecular weight is 227 g/mol. The van der Waals surface area contributed by atoms with Gasteiger partial charge >= 0.3 is 6.03 Å². The Balaban J connectivity index is 2.31. The van der Waals surface area contributed by atoms with E-state index in [0.29, 0.717) is 0 Å². The van der Waals surface area contributed by atoms with Gasteiger partial charge in [0.25, 0.3) is 0 Å². The van der Waals surface area contributed by atoms with E-state index in [0.717, 1.165) is 5.56 Å². The van der Waals surface area contributed by atoms with E-state index >= 15 is 0 Å². The van der Waals surface area contributed by atoms with Crippen LogP contribution < -0.4 is 16.4 Å². The number of amides is 3. The van der Waals surface area contributed by atoms with Crippen molar-refractivity contribution in [1.29, 1.82) is 0 Å². The lowest BCUT2D eigenvalue weighted by Gasteiger charge is -2.11. The molecule has 0 saturated carbocycles. The predicted molar refractivity (Wildman–Crippen MR) is 58.5 cm³/mol. The minimum Gasteiger partial charge on any atom is -0.351 e. The van der Waals surface area contributed by atoms with Crippen molar-refractivity contribution < 1.29 is 9.59 Å². The number of nitrogens with one attached hydrogen (secondary N) is 2. The average Bonchev–Trinajstić information content (AvgIpc) is 2.65. The first-order chi connectivity index (χ1) is 7.09. The Labute approximate surface area is 91.7 Å². The molecule has 3 amide bonds. The number of imide groups is 1. The summed E-state index contributed by atoms with van der Waals surface area (Å²) in [6.07, 6.45) is 0. The zero-order chi connectivity index (χ0) is 11.3. The normalized spacial score (nSPS) is 12.1. The molecule has 5 nitrogen and oxygen atoms in total. The molecule has 0 radical (unpaired) electrons. The van der Waals surface area contributed by atoms with E-state index < -0.39 is 11.9 Å². The smallest absolute Gasteiger partial charge is 0.318 e. The lowest BCUT2D eigenvalue weighted by Crippen LogP contribution is -2.41. The van der Waals surface area contributed by atoms with Gasteiger partial charge in [0.1, 0.15) is 0 Å². The fourth-order valence-corrected chi connectivity index (χ4v) is 1.82. The van der Waals surface area contributed by atoms with Gasteiger partial charge in [0.05, 0.1) is 6.54 Å². The fourth-order valence-electron chi connectivity index (χ4n) is 1.07. The van der Waals surface area contributed by atoms with Crippen molar-refractivity contribution in [3.8, 4) is 0 Å². The third kappa shape index (κ3) is 4.09. The summed E-state index contributed by atoms with van der Waals surface area (Å²) in [6.45, 7) is 2.01. The van der Waals surface area contributed by atoms with Crippen LogP contribution in [-0.2, 0) is 4.79 Å². The van der Waals surface area contributed by atoms with Gasteiger partial charge < -0.3 is 11.1 Å². The number of rotatable bonds is 4. The number of hydrogen-bond donors (Lipinski definition) is 3. The molecular weight excluding hydrogens is 214 g/mol. The summed E-state index contributed by atoms with van der Waals surface area (Å²) < 4.78 is 0. The number of thiophene rings is 1. The van der Waals surface area contributed by atoms with Crippen molar-refractivity contribution in [2.75, 3.05) is 6.54 Å². The molecule has 15 heavy (non-hydrogen) atoms.